The van der Waals surface area contributed by atoms with Crippen LogP contribution >= 0.6 is 0 Å². The number of amides is 3. The van der Waals surface area contributed by atoms with Crippen LogP contribution in [0.1, 0.15) is 97.3 Å². The predicted octanol–water partition coefficient (Wildman–Crippen LogP) is 5.12. The van der Waals surface area contributed by atoms with Crippen LogP contribution in [-0.4, -0.2) is 35.5 Å². The number of piperidine rings is 1. The van der Waals surface area contributed by atoms with Crippen LogP contribution < -0.4 is 10.6 Å². The molecule has 1 atom stereocenters. The lowest BCUT2D eigenvalue weighted by Crippen LogP contribution is -2.56. The van der Waals surface area contributed by atoms with Crippen LogP contribution in [0, 0.1) is 11.8 Å². The number of hydrogen-bond donors (Lipinski definition) is 2. The largest absolute Gasteiger partial charge is 0.338 e. The molecule has 5 nitrogen and oxygen atoms in total. The number of hydrogen-bond acceptors (Lipinski definition) is 2. The van der Waals surface area contributed by atoms with Crippen molar-refractivity contribution in [1.29, 1.82) is 0 Å². The van der Waals surface area contributed by atoms with Gasteiger partial charge in [-0.1, -0.05) is 39.2 Å². The molecule has 0 aromatic carbocycles. The number of carbonyl (C=O) groups is 2. The third kappa shape index (κ3) is 5.35. The highest BCUT2D eigenvalue weighted by Gasteiger charge is 2.40. The van der Waals surface area contributed by atoms with Crippen molar-refractivity contribution in [1.82, 2.24) is 15.5 Å². The second-order valence-corrected chi connectivity index (χ2v) is 9.56. The van der Waals surface area contributed by atoms with Crippen LogP contribution in [-0.2, 0) is 4.79 Å². The molecular formula is C24H41N3O2. The summed E-state index contributed by atoms with van der Waals surface area (Å²) < 4.78 is 0. The third-order valence-electron chi connectivity index (χ3n) is 7.52. The highest BCUT2D eigenvalue weighted by molar-refractivity contribution is 5.78. The van der Waals surface area contributed by atoms with E-state index in [0.717, 1.165) is 51.0 Å². The van der Waals surface area contributed by atoms with Gasteiger partial charge in [-0.25, -0.2) is 4.79 Å². The van der Waals surface area contributed by atoms with E-state index in [9.17, 15) is 9.59 Å². The zero-order valence-corrected chi connectivity index (χ0v) is 17.3. The van der Waals surface area contributed by atoms with E-state index in [1.807, 2.05) is 4.90 Å². The first-order valence-electron chi connectivity index (χ1n) is 11.7. The van der Waals surface area contributed by atoms with Gasteiger partial charge in [0.2, 0.25) is 5.91 Å². The summed E-state index contributed by atoms with van der Waals surface area (Å²) in [5, 5.41) is 6.31. The van der Waals surface area contributed by atoms with Gasteiger partial charge in [0.25, 0.3) is 0 Å². The molecule has 5 heteroatoms. The SMILES string of the molecule is C.O=C(NCCCC(=O)N1CCCC2CCCC=C21)NC12CCCC(CCC1)C2. The lowest BCUT2D eigenvalue weighted by atomic mass is 9.67. The second kappa shape index (κ2) is 9.99. The Balaban J connectivity index is 0.00000240. The lowest BCUT2D eigenvalue weighted by molar-refractivity contribution is -0.130. The summed E-state index contributed by atoms with van der Waals surface area (Å²) in [5.41, 5.74) is 1.33. The van der Waals surface area contributed by atoms with E-state index >= 15 is 0 Å². The van der Waals surface area contributed by atoms with E-state index < -0.39 is 0 Å². The van der Waals surface area contributed by atoms with Crippen LogP contribution in [0.25, 0.3) is 0 Å². The molecule has 164 valence electrons. The van der Waals surface area contributed by atoms with E-state index in [1.54, 1.807) is 0 Å². The molecule has 1 unspecified atom stereocenters. The number of likely N-dealkylation sites (tertiary alicyclic amines) is 1. The molecule has 4 rings (SSSR count). The lowest BCUT2D eigenvalue weighted by Gasteiger charge is -2.45. The molecule has 2 bridgehead atoms. The third-order valence-corrected chi connectivity index (χ3v) is 7.52. The molecular weight excluding hydrogens is 362 g/mol. The summed E-state index contributed by atoms with van der Waals surface area (Å²) in [6.45, 7) is 1.45. The van der Waals surface area contributed by atoms with Crippen LogP contribution in [0.4, 0.5) is 4.79 Å². The average molecular weight is 404 g/mol. The van der Waals surface area contributed by atoms with E-state index in [0.29, 0.717) is 18.9 Å². The second-order valence-electron chi connectivity index (χ2n) is 9.56. The fourth-order valence-electron chi connectivity index (χ4n) is 6.17. The topological polar surface area (TPSA) is 61.4 Å². The van der Waals surface area contributed by atoms with Crippen molar-refractivity contribution in [3.63, 3.8) is 0 Å². The fourth-order valence-corrected chi connectivity index (χ4v) is 6.17. The number of nitrogens with one attached hydrogen (secondary N) is 2. The summed E-state index contributed by atoms with van der Waals surface area (Å²) >= 11 is 0. The van der Waals surface area contributed by atoms with Gasteiger partial charge in [-0.3, -0.25) is 4.79 Å². The molecule has 3 fully saturated rings. The van der Waals surface area contributed by atoms with Gasteiger partial charge < -0.3 is 15.5 Å². The van der Waals surface area contributed by atoms with E-state index in [4.69, 9.17) is 0 Å². The van der Waals surface area contributed by atoms with Gasteiger partial charge in [0, 0.05) is 30.7 Å². The number of fused-ring (bicyclic) bond motifs is 3. The van der Waals surface area contributed by atoms with Crippen LogP contribution in [0.5, 0.6) is 0 Å². The fraction of sp³-hybridized carbons (Fsp3) is 0.833. The minimum Gasteiger partial charge on any atom is -0.338 e. The first-order valence-corrected chi connectivity index (χ1v) is 11.7. The first-order chi connectivity index (χ1) is 13.7. The monoisotopic (exact) mass is 403 g/mol. The van der Waals surface area contributed by atoms with Gasteiger partial charge in [0.15, 0.2) is 0 Å². The zero-order valence-electron chi connectivity index (χ0n) is 17.3. The Morgan fingerprint density at radius 2 is 1.83 bits per heavy atom. The van der Waals surface area contributed by atoms with Gasteiger partial charge in [-0.05, 0) is 69.6 Å². The molecule has 1 aliphatic heterocycles. The number of urea groups is 1. The molecule has 3 aliphatic carbocycles. The highest BCUT2D eigenvalue weighted by Crippen LogP contribution is 2.42. The molecule has 4 aliphatic rings. The van der Waals surface area contributed by atoms with Gasteiger partial charge in [0.05, 0.1) is 0 Å². The first kappa shape index (κ1) is 22.2. The normalized spacial score (nSPS) is 31.0. The van der Waals surface area contributed by atoms with Gasteiger partial charge in [-0.2, -0.15) is 0 Å². The molecule has 0 spiro atoms. The molecule has 0 aromatic heterocycles. The summed E-state index contributed by atoms with van der Waals surface area (Å²) in [7, 11) is 0. The maximum Gasteiger partial charge on any atom is 0.315 e. The van der Waals surface area contributed by atoms with E-state index in [-0.39, 0.29) is 24.9 Å². The summed E-state index contributed by atoms with van der Waals surface area (Å²) in [5.74, 6) is 1.65. The van der Waals surface area contributed by atoms with E-state index in [1.165, 1.54) is 50.6 Å². The number of rotatable bonds is 5. The van der Waals surface area contributed by atoms with Gasteiger partial charge in [0.1, 0.15) is 0 Å². The summed E-state index contributed by atoms with van der Waals surface area (Å²) in [6.07, 6.45) is 18.1. The maximum atomic E-state index is 12.7. The number of allylic oxidation sites excluding steroid dienone is 2. The minimum absolute atomic E-state index is 0. The molecule has 0 aromatic rings. The predicted molar refractivity (Wildman–Crippen MR) is 117 cm³/mol. The molecule has 29 heavy (non-hydrogen) atoms. The molecule has 2 saturated carbocycles. The molecule has 1 heterocycles. The van der Waals surface area contributed by atoms with Crippen molar-refractivity contribution in [2.24, 2.45) is 11.8 Å². The average Bonchev–Trinajstić information content (AvgIpc) is 2.70. The number of carbonyl (C=O) groups excluding carboxylic acids is 2. The highest BCUT2D eigenvalue weighted by atomic mass is 16.2. The van der Waals surface area contributed by atoms with Gasteiger partial charge >= 0.3 is 6.03 Å². The Morgan fingerprint density at radius 3 is 2.62 bits per heavy atom. The zero-order chi connectivity index (χ0) is 19.4. The van der Waals surface area contributed by atoms with Crippen molar-refractivity contribution >= 4 is 11.9 Å². The summed E-state index contributed by atoms with van der Waals surface area (Å²) in [4.78, 5) is 27.2. The van der Waals surface area contributed by atoms with Crippen molar-refractivity contribution in [2.45, 2.75) is 103 Å². The van der Waals surface area contributed by atoms with Crippen LogP contribution in [0.3, 0.4) is 0 Å². The van der Waals surface area contributed by atoms with Gasteiger partial charge in [-0.15, -0.1) is 0 Å². The molecule has 2 N–H and O–H groups in total. The standard InChI is InChI=1S/C23H37N3O2.CH4/c27-21(26-16-6-10-19-9-1-2-11-20(19)26)12-5-15-24-22(28)25-23-13-3-7-18(17-23)8-4-14-23;/h11,18-19H,1-10,12-17H2,(H2,24,25,28);1H4. The van der Waals surface area contributed by atoms with E-state index in [2.05, 4.69) is 16.7 Å². The van der Waals surface area contributed by atoms with Crippen molar-refractivity contribution in [3.05, 3.63) is 11.8 Å². The van der Waals surface area contributed by atoms with Crippen LogP contribution in [0.2, 0.25) is 0 Å². The number of nitrogens with zero attached hydrogens (tertiary/aromatic N) is 1. The molecule has 3 amide bonds. The van der Waals surface area contributed by atoms with Crippen molar-refractivity contribution in [3.8, 4) is 0 Å². The maximum absolute atomic E-state index is 12.7. The Kier molecular flexibility index (Phi) is 7.64. The smallest absolute Gasteiger partial charge is 0.315 e. The Bertz CT molecular complexity index is 605. The molecule has 0 radical (unpaired) electrons. The van der Waals surface area contributed by atoms with Crippen molar-refractivity contribution < 1.29 is 9.59 Å². The molecule has 1 saturated heterocycles. The van der Waals surface area contributed by atoms with Crippen molar-refractivity contribution in [2.75, 3.05) is 13.1 Å². The Hall–Kier alpha value is -1.52. The quantitative estimate of drug-likeness (QED) is 0.626. The Morgan fingerprint density at radius 1 is 1.07 bits per heavy atom. The minimum atomic E-state index is -0.0389. The Labute approximate surface area is 177 Å². The van der Waals surface area contributed by atoms with Crippen LogP contribution in [0.15, 0.2) is 11.8 Å². The summed E-state index contributed by atoms with van der Waals surface area (Å²) in [6, 6.07) is -0.0389.